The molecule has 134 valence electrons. The number of aryl methyl sites for hydroxylation is 1. The third-order valence-corrected chi connectivity index (χ3v) is 3.97. The summed E-state index contributed by atoms with van der Waals surface area (Å²) in [5.41, 5.74) is 1.97. The van der Waals surface area contributed by atoms with E-state index in [1.165, 1.54) is 12.1 Å². The largest absolute Gasteiger partial charge is 0.364 e. The highest BCUT2D eigenvalue weighted by atomic mass is 16.1. The van der Waals surface area contributed by atoms with Gasteiger partial charge >= 0.3 is 0 Å². The normalized spacial score (nSPS) is 10.6. The molecule has 0 saturated heterocycles. The van der Waals surface area contributed by atoms with Gasteiger partial charge in [0.2, 0.25) is 5.95 Å². The zero-order valence-corrected chi connectivity index (χ0v) is 14.4. The van der Waals surface area contributed by atoms with Crippen LogP contribution in [-0.2, 0) is 12.8 Å². The Morgan fingerprint density at radius 2 is 2.00 bits per heavy atom. The second kappa shape index (κ2) is 8.75. The van der Waals surface area contributed by atoms with Gasteiger partial charge in [-0.05, 0) is 31.4 Å². The molecule has 0 spiro atoms. The lowest BCUT2D eigenvalue weighted by atomic mass is 10.1. The van der Waals surface area contributed by atoms with Crippen LogP contribution in [0.4, 0.5) is 5.95 Å². The molecule has 0 atom stereocenters. The number of hydrogen-bond acceptors (Lipinski definition) is 5. The van der Waals surface area contributed by atoms with Crippen LogP contribution >= 0.6 is 0 Å². The molecule has 0 radical (unpaired) electrons. The first kappa shape index (κ1) is 17.6. The number of aromatic amines is 2. The molecule has 7 heteroatoms. The maximum absolute atomic E-state index is 12.2. The van der Waals surface area contributed by atoms with E-state index < -0.39 is 0 Å². The highest BCUT2D eigenvalue weighted by Crippen LogP contribution is 2.04. The van der Waals surface area contributed by atoms with Gasteiger partial charge in [0.1, 0.15) is 0 Å². The van der Waals surface area contributed by atoms with Crippen LogP contribution < -0.4 is 16.3 Å². The van der Waals surface area contributed by atoms with Crippen LogP contribution in [0.2, 0.25) is 0 Å². The lowest BCUT2D eigenvalue weighted by molar-refractivity contribution is 0.745. The summed E-state index contributed by atoms with van der Waals surface area (Å²) in [5.74, 6) is 0.457. The van der Waals surface area contributed by atoms with Gasteiger partial charge in [-0.2, -0.15) is 0 Å². The van der Waals surface area contributed by atoms with E-state index in [0.29, 0.717) is 23.6 Å². The lowest BCUT2D eigenvalue weighted by Gasteiger charge is -2.06. The summed E-state index contributed by atoms with van der Waals surface area (Å²) in [6, 6.07) is 8.83. The average molecular weight is 351 g/mol. The Balaban J connectivity index is 1.48. The molecule has 0 aromatic carbocycles. The number of unbranched alkanes of at least 4 members (excludes halogenated alkanes) is 1. The second-order valence-corrected chi connectivity index (χ2v) is 6.02. The Kier molecular flexibility index (Phi) is 5.92. The Labute approximate surface area is 150 Å². The van der Waals surface area contributed by atoms with Crippen LogP contribution in [0.1, 0.15) is 29.8 Å². The zero-order valence-electron chi connectivity index (χ0n) is 14.4. The molecular weight excluding hydrogens is 330 g/mol. The van der Waals surface area contributed by atoms with Gasteiger partial charge in [0.25, 0.3) is 5.56 Å². The number of nitrogens with one attached hydrogen (secondary N) is 3. The summed E-state index contributed by atoms with van der Waals surface area (Å²) in [6.07, 6.45) is 8.14. The lowest BCUT2D eigenvalue weighted by Crippen LogP contribution is -2.18. The van der Waals surface area contributed by atoms with Crippen LogP contribution in [0.15, 0.2) is 58.5 Å². The number of H-pyrrole nitrogens is 2. The van der Waals surface area contributed by atoms with Crippen molar-refractivity contribution < 1.29 is 0 Å². The molecular formula is C19H21N5O2. The summed E-state index contributed by atoms with van der Waals surface area (Å²) in [4.78, 5) is 37.7. The SMILES string of the molecule is O=c1cc[nH]c(Cc2cnc(NCCCCc3ccccn3)[nH]c2=O)c1. The number of anilines is 1. The number of nitrogens with zero attached hydrogens (tertiary/aromatic N) is 2. The summed E-state index contributed by atoms with van der Waals surface area (Å²) < 4.78 is 0. The predicted molar refractivity (Wildman–Crippen MR) is 100 cm³/mol. The first-order chi connectivity index (χ1) is 12.7. The summed E-state index contributed by atoms with van der Waals surface area (Å²) in [7, 11) is 0. The van der Waals surface area contributed by atoms with E-state index >= 15 is 0 Å². The first-order valence-corrected chi connectivity index (χ1v) is 8.60. The van der Waals surface area contributed by atoms with Crippen molar-refractivity contribution >= 4 is 5.95 Å². The van der Waals surface area contributed by atoms with E-state index in [-0.39, 0.29) is 11.0 Å². The fourth-order valence-corrected chi connectivity index (χ4v) is 2.62. The summed E-state index contributed by atoms with van der Waals surface area (Å²) >= 11 is 0. The number of rotatable bonds is 8. The van der Waals surface area contributed by atoms with Gasteiger partial charge < -0.3 is 10.3 Å². The Hall–Kier alpha value is -3.22. The van der Waals surface area contributed by atoms with Crippen molar-refractivity contribution in [3.05, 3.63) is 86.5 Å². The Morgan fingerprint density at radius 3 is 2.77 bits per heavy atom. The van der Waals surface area contributed by atoms with E-state index in [1.54, 1.807) is 18.6 Å². The van der Waals surface area contributed by atoms with Crippen molar-refractivity contribution in [1.29, 1.82) is 0 Å². The van der Waals surface area contributed by atoms with Crippen molar-refractivity contribution in [1.82, 2.24) is 19.9 Å². The van der Waals surface area contributed by atoms with E-state index in [2.05, 4.69) is 25.3 Å². The monoisotopic (exact) mass is 351 g/mol. The Bertz CT molecular complexity index is 950. The van der Waals surface area contributed by atoms with E-state index in [9.17, 15) is 9.59 Å². The molecule has 0 aliphatic carbocycles. The molecule has 3 heterocycles. The third-order valence-electron chi connectivity index (χ3n) is 3.97. The van der Waals surface area contributed by atoms with Crippen LogP contribution in [0, 0.1) is 0 Å². The molecule has 3 aromatic rings. The third kappa shape index (κ3) is 5.14. The zero-order chi connectivity index (χ0) is 18.2. The molecule has 3 N–H and O–H groups in total. The van der Waals surface area contributed by atoms with Crippen molar-refractivity contribution in [2.75, 3.05) is 11.9 Å². The smallest absolute Gasteiger partial charge is 0.255 e. The molecule has 0 fully saturated rings. The predicted octanol–water partition coefficient (Wildman–Crippen LogP) is 1.88. The van der Waals surface area contributed by atoms with Gasteiger partial charge in [-0.3, -0.25) is 19.6 Å². The molecule has 3 rings (SSSR count). The Morgan fingerprint density at radius 1 is 1.08 bits per heavy atom. The average Bonchev–Trinajstić information content (AvgIpc) is 2.64. The fraction of sp³-hybridized carbons (Fsp3) is 0.263. The van der Waals surface area contributed by atoms with Crippen molar-refractivity contribution in [3.63, 3.8) is 0 Å². The minimum atomic E-state index is -0.208. The second-order valence-electron chi connectivity index (χ2n) is 6.02. The standard InChI is InChI=1S/C19H21N5O2/c25-17-7-10-21-16(12-17)11-14-13-23-19(24-18(14)26)22-9-4-2-6-15-5-1-3-8-20-15/h1,3,5,7-8,10,12-13H,2,4,6,9,11H2,(H,21,25)(H2,22,23,24,26). The number of hydrogen-bond donors (Lipinski definition) is 3. The topological polar surface area (TPSA) is 104 Å². The highest BCUT2D eigenvalue weighted by molar-refractivity contribution is 5.26. The van der Waals surface area contributed by atoms with Crippen LogP contribution in [0.25, 0.3) is 0 Å². The molecule has 0 saturated carbocycles. The van der Waals surface area contributed by atoms with Gasteiger partial charge in [0, 0.05) is 60.6 Å². The van der Waals surface area contributed by atoms with E-state index in [4.69, 9.17) is 0 Å². The first-order valence-electron chi connectivity index (χ1n) is 8.60. The maximum Gasteiger partial charge on any atom is 0.255 e. The number of aromatic nitrogens is 4. The van der Waals surface area contributed by atoms with Gasteiger partial charge in [-0.1, -0.05) is 6.07 Å². The van der Waals surface area contributed by atoms with Crippen molar-refractivity contribution in [2.24, 2.45) is 0 Å². The minimum Gasteiger partial charge on any atom is -0.364 e. The minimum absolute atomic E-state index is 0.0906. The molecule has 7 nitrogen and oxygen atoms in total. The molecule has 0 aliphatic rings. The van der Waals surface area contributed by atoms with Crippen molar-refractivity contribution in [3.8, 4) is 0 Å². The molecule has 3 aromatic heterocycles. The molecule has 0 amide bonds. The molecule has 0 bridgehead atoms. The summed E-state index contributed by atoms with van der Waals surface area (Å²) in [6.45, 7) is 0.723. The molecule has 0 unspecified atom stereocenters. The van der Waals surface area contributed by atoms with Gasteiger partial charge in [-0.25, -0.2) is 4.98 Å². The van der Waals surface area contributed by atoms with Crippen LogP contribution in [0.5, 0.6) is 0 Å². The maximum atomic E-state index is 12.2. The van der Waals surface area contributed by atoms with Crippen LogP contribution in [-0.4, -0.2) is 26.5 Å². The number of pyridine rings is 2. The van der Waals surface area contributed by atoms with Gasteiger partial charge in [-0.15, -0.1) is 0 Å². The molecule has 0 aliphatic heterocycles. The van der Waals surface area contributed by atoms with Crippen molar-refractivity contribution in [2.45, 2.75) is 25.7 Å². The highest BCUT2D eigenvalue weighted by Gasteiger charge is 2.05. The summed E-state index contributed by atoms with van der Waals surface area (Å²) in [5, 5.41) is 3.13. The fourth-order valence-electron chi connectivity index (χ4n) is 2.62. The molecule has 26 heavy (non-hydrogen) atoms. The van der Waals surface area contributed by atoms with E-state index in [0.717, 1.165) is 31.5 Å². The van der Waals surface area contributed by atoms with Gasteiger partial charge in [0.15, 0.2) is 5.43 Å². The van der Waals surface area contributed by atoms with E-state index in [1.807, 2.05) is 18.2 Å². The quantitative estimate of drug-likeness (QED) is 0.538. The van der Waals surface area contributed by atoms with Crippen LogP contribution in [0.3, 0.4) is 0 Å². The van der Waals surface area contributed by atoms with Gasteiger partial charge in [0.05, 0.1) is 0 Å².